The van der Waals surface area contributed by atoms with Gasteiger partial charge in [-0.1, -0.05) is 0 Å². The molecular weight excluding hydrogens is 336 g/mol. The van der Waals surface area contributed by atoms with Crippen LogP contribution in [0.2, 0.25) is 0 Å². The Hall–Kier alpha value is -1.73. The Balaban J connectivity index is 1.63. The van der Waals surface area contributed by atoms with Crippen LogP contribution in [-0.4, -0.2) is 35.1 Å². The molecule has 1 amide bonds. The summed E-state index contributed by atoms with van der Waals surface area (Å²) in [5, 5.41) is 4.36. The molecule has 0 saturated heterocycles. The number of nitrogens with zero attached hydrogens (tertiary/aromatic N) is 2. The predicted octanol–water partition coefficient (Wildman–Crippen LogP) is 2.51. The fraction of sp³-hybridized carbons (Fsp3) is 0.611. The Morgan fingerprint density at radius 1 is 1.32 bits per heavy atom. The van der Waals surface area contributed by atoms with Crippen molar-refractivity contribution in [1.29, 1.82) is 0 Å². The van der Waals surface area contributed by atoms with Gasteiger partial charge >= 0.3 is 0 Å². The van der Waals surface area contributed by atoms with E-state index in [9.17, 15) is 4.79 Å². The summed E-state index contributed by atoms with van der Waals surface area (Å²) in [6.07, 6.45) is 8.47. The summed E-state index contributed by atoms with van der Waals surface area (Å²) in [6, 6.07) is 0.593. The molecule has 134 valence electrons. The van der Waals surface area contributed by atoms with Crippen molar-refractivity contribution in [3.8, 4) is 5.88 Å². The van der Waals surface area contributed by atoms with Crippen molar-refractivity contribution in [3.05, 3.63) is 16.8 Å². The molecular formula is C18H24N4O2S. The third-order valence-electron chi connectivity index (χ3n) is 5.50. The van der Waals surface area contributed by atoms with Crippen LogP contribution in [0, 0.1) is 0 Å². The van der Waals surface area contributed by atoms with Crippen molar-refractivity contribution >= 4 is 27.5 Å². The Morgan fingerprint density at radius 3 is 2.84 bits per heavy atom. The minimum absolute atomic E-state index is 0.176. The molecule has 0 aliphatic heterocycles. The van der Waals surface area contributed by atoms with E-state index in [1.54, 1.807) is 17.7 Å². The van der Waals surface area contributed by atoms with Gasteiger partial charge in [-0.05, 0) is 57.1 Å². The molecule has 7 heteroatoms. The highest BCUT2D eigenvalue weighted by molar-refractivity contribution is 7.19. The molecule has 25 heavy (non-hydrogen) atoms. The first-order chi connectivity index (χ1) is 12.2. The number of thiophene rings is 1. The maximum absolute atomic E-state index is 11.4. The van der Waals surface area contributed by atoms with Gasteiger partial charge < -0.3 is 15.8 Å². The third kappa shape index (κ3) is 3.22. The molecule has 2 aromatic rings. The van der Waals surface area contributed by atoms with Crippen LogP contribution in [0.4, 0.5) is 0 Å². The van der Waals surface area contributed by atoms with Gasteiger partial charge in [-0.25, -0.2) is 9.97 Å². The molecule has 1 fully saturated rings. The molecule has 2 aliphatic rings. The van der Waals surface area contributed by atoms with Gasteiger partial charge in [0.1, 0.15) is 17.3 Å². The second-order valence-electron chi connectivity index (χ2n) is 7.08. The monoisotopic (exact) mass is 360 g/mol. The summed E-state index contributed by atoms with van der Waals surface area (Å²) in [7, 11) is 2.02. The molecule has 2 aromatic heterocycles. The normalized spacial score (nSPS) is 25.9. The topological polar surface area (TPSA) is 90.1 Å². The van der Waals surface area contributed by atoms with Crippen LogP contribution in [0.3, 0.4) is 0 Å². The van der Waals surface area contributed by atoms with Gasteiger partial charge in [0.05, 0.1) is 5.39 Å². The summed E-state index contributed by atoms with van der Waals surface area (Å²) in [5.74, 6) is 0.614. The molecule has 0 bridgehead atoms. The number of amides is 1. The summed E-state index contributed by atoms with van der Waals surface area (Å²) in [4.78, 5) is 22.6. The number of rotatable bonds is 5. The van der Waals surface area contributed by atoms with Crippen LogP contribution < -0.4 is 15.8 Å². The molecule has 1 saturated carbocycles. The Morgan fingerprint density at radius 2 is 2.12 bits per heavy atom. The molecule has 0 unspecified atom stereocenters. The largest absolute Gasteiger partial charge is 0.474 e. The molecule has 0 spiro atoms. The maximum atomic E-state index is 11.4. The first kappa shape index (κ1) is 16.7. The van der Waals surface area contributed by atoms with E-state index in [1.165, 1.54) is 10.4 Å². The van der Waals surface area contributed by atoms with Crippen molar-refractivity contribution in [2.24, 2.45) is 5.73 Å². The van der Waals surface area contributed by atoms with E-state index < -0.39 is 0 Å². The van der Waals surface area contributed by atoms with Gasteiger partial charge in [0, 0.05) is 17.3 Å². The van der Waals surface area contributed by atoms with Gasteiger partial charge in [-0.2, -0.15) is 0 Å². The molecule has 0 radical (unpaired) electrons. The number of ether oxygens (including phenoxy) is 1. The van der Waals surface area contributed by atoms with Crippen LogP contribution in [0.15, 0.2) is 6.33 Å². The summed E-state index contributed by atoms with van der Waals surface area (Å²) >= 11 is 1.70. The van der Waals surface area contributed by atoms with Gasteiger partial charge in [0.25, 0.3) is 0 Å². The number of aryl methyl sites for hydroxylation is 1. The van der Waals surface area contributed by atoms with Crippen LogP contribution in [-0.2, 0) is 11.2 Å². The van der Waals surface area contributed by atoms with Crippen LogP contribution in [0.1, 0.15) is 54.9 Å². The molecule has 6 nitrogen and oxygen atoms in total. The molecule has 2 aliphatic carbocycles. The highest BCUT2D eigenvalue weighted by Gasteiger charge is 2.32. The SMILES string of the molecule is CN[C@H]1CC[C@H](Oc2ncnc3sc4c(c23)[C@@H](CC(N)=O)CC4)CC1. The number of primary amides is 1. The van der Waals surface area contributed by atoms with Gasteiger partial charge in [0.15, 0.2) is 0 Å². The summed E-state index contributed by atoms with van der Waals surface area (Å²) in [6.45, 7) is 0. The molecule has 4 rings (SSSR count). The van der Waals surface area contributed by atoms with E-state index in [0.29, 0.717) is 18.3 Å². The number of hydrogen-bond donors (Lipinski definition) is 2. The van der Waals surface area contributed by atoms with E-state index in [1.807, 2.05) is 7.05 Å². The molecule has 0 aromatic carbocycles. The molecule has 3 N–H and O–H groups in total. The highest BCUT2D eigenvalue weighted by Crippen LogP contribution is 2.47. The molecule has 1 atom stereocenters. The second-order valence-corrected chi connectivity index (χ2v) is 8.17. The lowest BCUT2D eigenvalue weighted by atomic mass is 9.93. The van der Waals surface area contributed by atoms with Crippen molar-refractivity contribution < 1.29 is 9.53 Å². The second kappa shape index (κ2) is 6.88. The van der Waals surface area contributed by atoms with Crippen LogP contribution in [0.5, 0.6) is 5.88 Å². The fourth-order valence-corrected chi connectivity index (χ4v) is 5.44. The van der Waals surface area contributed by atoms with E-state index >= 15 is 0 Å². The number of carbonyl (C=O) groups is 1. The average Bonchev–Trinajstić information content (AvgIpc) is 3.15. The van der Waals surface area contributed by atoms with Gasteiger partial charge in [-0.15, -0.1) is 11.3 Å². The number of fused-ring (bicyclic) bond motifs is 3. The fourth-order valence-electron chi connectivity index (χ4n) is 4.20. The van der Waals surface area contributed by atoms with Crippen LogP contribution >= 0.6 is 11.3 Å². The lowest BCUT2D eigenvalue weighted by Crippen LogP contribution is -2.34. The lowest BCUT2D eigenvalue weighted by molar-refractivity contribution is -0.118. The van der Waals surface area contributed by atoms with Crippen molar-refractivity contribution in [1.82, 2.24) is 15.3 Å². The quantitative estimate of drug-likeness (QED) is 0.855. The van der Waals surface area contributed by atoms with Crippen molar-refractivity contribution in [2.45, 2.75) is 63.0 Å². The van der Waals surface area contributed by atoms with E-state index in [-0.39, 0.29) is 17.9 Å². The smallest absolute Gasteiger partial charge is 0.225 e. The zero-order valence-electron chi connectivity index (χ0n) is 14.5. The number of nitrogens with one attached hydrogen (secondary N) is 1. The number of carbonyl (C=O) groups excluding carboxylic acids is 1. The number of nitrogens with two attached hydrogens (primary N) is 1. The zero-order valence-corrected chi connectivity index (χ0v) is 15.3. The predicted molar refractivity (Wildman–Crippen MR) is 98.0 cm³/mol. The van der Waals surface area contributed by atoms with E-state index in [2.05, 4.69) is 15.3 Å². The summed E-state index contributed by atoms with van der Waals surface area (Å²) < 4.78 is 6.31. The Kier molecular flexibility index (Phi) is 4.60. The van der Waals surface area contributed by atoms with Gasteiger partial charge in [0.2, 0.25) is 11.8 Å². The maximum Gasteiger partial charge on any atom is 0.225 e. The third-order valence-corrected chi connectivity index (χ3v) is 6.68. The van der Waals surface area contributed by atoms with E-state index in [0.717, 1.165) is 48.7 Å². The first-order valence-electron chi connectivity index (χ1n) is 9.04. The Labute approximate surface area is 151 Å². The number of hydrogen-bond acceptors (Lipinski definition) is 6. The van der Waals surface area contributed by atoms with E-state index in [4.69, 9.17) is 10.5 Å². The minimum Gasteiger partial charge on any atom is -0.474 e. The number of aromatic nitrogens is 2. The van der Waals surface area contributed by atoms with Crippen LogP contribution in [0.25, 0.3) is 10.2 Å². The van der Waals surface area contributed by atoms with Crippen molar-refractivity contribution in [3.63, 3.8) is 0 Å². The first-order valence-corrected chi connectivity index (χ1v) is 9.85. The lowest BCUT2D eigenvalue weighted by Gasteiger charge is -2.28. The minimum atomic E-state index is -0.248. The Bertz CT molecular complexity index is 783. The van der Waals surface area contributed by atoms with Gasteiger partial charge in [-0.3, -0.25) is 4.79 Å². The highest BCUT2D eigenvalue weighted by atomic mass is 32.1. The standard InChI is InChI=1S/C18H24N4O2S/c1-20-11-3-5-12(6-4-11)24-17-16-15-10(8-14(19)23)2-7-13(15)25-18(16)22-9-21-17/h9-12,20H,2-8H2,1H3,(H2,19,23)/t10-,11-,12-/m1/s1. The average molecular weight is 360 g/mol. The van der Waals surface area contributed by atoms with Crippen molar-refractivity contribution in [2.75, 3.05) is 7.05 Å². The zero-order chi connectivity index (χ0) is 17.4. The summed E-state index contributed by atoms with van der Waals surface area (Å²) in [5.41, 5.74) is 6.66. The molecule has 2 heterocycles.